The molecule has 2 N–H and O–H groups in total. The molecule has 0 aliphatic carbocycles. The number of phenolic OH excluding ortho intramolecular Hbond substituents is 1. The Labute approximate surface area is 107 Å². The molecule has 1 aliphatic rings. The minimum atomic E-state index is -0.729. The summed E-state index contributed by atoms with van der Waals surface area (Å²) in [7, 11) is 0. The van der Waals surface area contributed by atoms with Crippen LogP contribution in [0.2, 0.25) is 0 Å². The Balaban J connectivity index is 2.12. The molecule has 1 aromatic carbocycles. The number of carbonyl (C=O) groups is 1. The first-order valence-electron chi connectivity index (χ1n) is 6.19. The smallest absolute Gasteiger partial charge is 0.310 e. The second-order valence-corrected chi connectivity index (χ2v) is 5.36. The average Bonchev–Trinajstić information content (AvgIpc) is 2.72. The summed E-state index contributed by atoms with van der Waals surface area (Å²) < 4.78 is 0. The molecule has 0 amide bonds. The highest BCUT2D eigenvalue weighted by atomic mass is 16.4. The highest BCUT2D eigenvalue weighted by Gasteiger charge is 2.41. The van der Waals surface area contributed by atoms with Crippen LogP contribution in [0.5, 0.6) is 5.75 Å². The van der Waals surface area contributed by atoms with E-state index in [9.17, 15) is 15.0 Å². The molecule has 0 spiro atoms. The highest BCUT2D eigenvalue weighted by Crippen LogP contribution is 2.35. The number of nitrogens with zero attached hydrogens (tertiary/aromatic N) is 1. The third-order valence-corrected chi connectivity index (χ3v) is 3.92. The summed E-state index contributed by atoms with van der Waals surface area (Å²) in [6, 6.07) is 7.27. The lowest BCUT2D eigenvalue weighted by atomic mass is 9.90. The van der Waals surface area contributed by atoms with Gasteiger partial charge >= 0.3 is 5.97 Å². The molecule has 2 rings (SSSR count). The van der Waals surface area contributed by atoms with Gasteiger partial charge in [-0.1, -0.05) is 12.1 Å². The molecule has 4 nitrogen and oxygen atoms in total. The van der Waals surface area contributed by atoms with E-state index in [0.717, 1.165) is 12.1 Å². The van der Waals surface area contributed by atoms with Gasteiger partial charge < -0.3 is 10.2 Å². The first-order chi connectivity index (χ1) is 8.42. The summed E-state index contributed by atoms with van der Waals surface area (Å²) in [6.07, 6.45) is 0.672. The lowest BCUT2D eigenvalue weighted by molar-refractivity contribution is -0.147. The van der Waals surface area contributed by atoms with Gasteiger partial charge in [0.1, 0.15) is 5.75 Å². The molecule has 1 heterocycles. The van der Waals surface area contributed by atoms with Crippen LogP contribution in [0.4, 0.5) is 0 Å². The van der Waals surface area contributed by atoms with Gasteiger partial charge in [0.05, 0.1) is 5.41 Å². The zero-order valence-corrected chi connectivity index (χ0v) is 10.8. The van der Waals surface area contributed by atoms with Crippen molar-refractivity contribution in [1.82, 2.24) is 4.90 Å². The largest absolute Gasteiger partial charge is 0.508 e. The number of carboxylic acids is 1. The van der Waals surface area contributed by atoms with E-state index in [1.54, 1.807) is 19.1 Å². The first kappa shape index (κ1) is 12.9. The van der Waals surface area contributed by atoms with E-state index < -0.39 is 11.4 Å². The van der Waals surface area contributed by atoms with Gasteiger partial charge in [-0.2, -0.15) is 0 Å². The fourth-order valence-electron chi connectivity index (χ4n) is 2.50. The van der Waals surface area contributed by atoms with E-state index in [-0.39, 0.29) is 11.8 Å². The summed E-state index contributed by atoms with van der Waals surface area (Å²) >= 11 is 0. The Morgan fingerprint density at radius 1 is 1.50 bits per heavy atom. The van der Waals surface area contributed by atoms with Crippen molar-refractivity contribution >= 4 is 5.97 Å². The molecule has 2 atom stereocenters. The van der Waals surface area contributed by atoms with Crippen molar-refractivity contribution in [3.8, 4) is 5.75 Å². The van der Waals surface area contributed by atoms with Crippen LogP contribution in [-0.2, 0) is 4.79 Å². The Bertz CT molecular complexity index is 460. The van der Waals surface area contributed by atoms with E-state index in [1.807, 2.05) is 19.1 Å². The predicted octanol–water partition coefficient (Wildman–Crippen LogP) is 2.25. The molecular weight excluding hydrogens is 230 g/mol. The maximum absolute atomic E-state index is 11.2. The van der Waals surface area contributed by atoms with Crippen molar-refractivity contribution in [3.05, 3.63) is 29.8 Å². The average molecular weight is 249 g/mol. The van der Waals surface area contributed by atoms with Crippen LogP contribution in [-0.4, -0.2) is 34.2 Å². The third kappa shape index (κ3) is 2.34. The molecule has 2 unspecified atom stereocenters. The number of hydrogen-bond donors (Lipinski definition) is 2. The van der Waals surface area contributed by atoms with Crippen molar-refractivity contribution < 1.29 is 15.0 Å². The molecule has 1 saturated heterocycles. The minimum Gasteiger partial charge on any atom is -0.508 e. The van der Waals surface area contributed by atoms with Crippen LogP contribution in [0.3, 0.4) is 0 Å². The van der Waals surface area contributed by atoms with Gasteiger partial charge in [-0.05, 0) is 44.5 Å². The van der Waals surface area contributed by atoms with Gasteiger partial charge in [0.2, 0.25) is 0 Å². The van der Waals surface area contributed by atoms with Gasteiger partial charge in [-0.25, -0.2) is 0 Å². The van der Waals surface area contributed by atoms with E-state index in [0.29, 0.717) is 13.0 Å². The second-order valence-electron chi connectivity index (χ2n) is 5.36. The van der Waals surface area contributed by atoms with Crippen LogP contribution in [0.25, 0.3) is 0 Å². The fraction of sp³-hybridized carbons (Fsp3) is 0.500. The number of phenols is 1. The second kappa shape index (κ2) is 4.61. The number of carboxylic acid groups (broad SMARTS) is 1. The molecular formula is C14H19NO3. The molecule has 0 aromatic heterocycles. The zero-order valence-electron chi connectivity index (χ0n) is 10.8. The van der Waals surface area contributed by atoms with Crippen molar-refractivity contribution in [1.29, 1.82) is 0 Å². The minimum absolute atomic E-state index is 0.123. The molecule has 98 valence electrons. The van der Waals surface area contributed by atoms with Crippen molar-refractivity contribution in [2.45, 2.75) is 26.3 Å². The Hall–Kier alpha value is -1.55. The zero-order chi connectivity index (χ0) is 13.3. The summed E-state index contributed by atoms with van der Waals surface area (Å²) in [5.74, 6) is -0.479. The number of hydrogen-bond acceptors (Lipinski definition) is 3. The molecule has 1 fully saturated rings. The van der Waals surface area contributed by atoms with E-state index in [4.69, 9.17) is 0 Å². The van der Waals surface area contributed by atoms with Crippen LogP contribution in [0, 0.1) is 5.41 Å². The number of rotatable bonds is 3. The molecule has 0 saturated carbocycles. The van der Waals surface area contributed by atoms with Gasteiger partial charge in [0, 0.05) is 12.6 Å². The van der Waals surface area contributed by atoms with Crippen LogP contribution < -0.4 is 0 Å². The standard InChI is InChI=1S/C14H19NO3/c1-10(11-4-3-5-12(16)8-11)15-7-6-14(2,9-15)13(17)18/h3-5,8,10,16H,6-7,9H2,1-2H3,(H,17,18). The van der Waals surface area contributed by atoms with Crippen LogP contribution >= 0.6 is 0 Å². The predicted molar refractivity (Wildman–Crippen MR) is 68.5 cm³/mol. The maximum atomic E-state index is 11.2. The summed E-state index contributed by atoms with van der Waals surface area (Å²) in [4.78, 5) is 13.4. The first-order valence-corrected chi connectivity index (χ1v) is 6.19. The van der Waals surface area contributed by atoms with Crippen molar-refractivity contribution in [2.75, 3.05) is 13.1 Å². The highest BCUT2D eigenvalue weighted by molar-refractivity contribution is 5.74. The Morgan fingerprint density at radius 2 is 2.22 bits per heavy atom. The Morgan fingerprint density at radius 3 is 2.78 bits per heavy atom. The topological polar surface area (TPSA) is 60.8 Å². The molecule has 4 heteroatoms. The van der Waals surface area contributed by atoms with Crippen LogP contribution in [0.1, 0.15) is 31.9 Å². The lowest BCUT2D eigenvalue weighted by Gasteiger charge is -2.26. The van der Waals surface area contributed by atoms with Crippen LogP contribution in [0.15, 0.2) is 24.3 Å². The lowest BCUT2D eigenvalue weighted by Crippen LogP contribution is -2.32. The normalized spacial score (nSPS) is 26.1. The Kier molecular flexibility index (Phi) is 3.30. The van der Waals surface area contributed by atoms with Gasteiger partial charge in [0.15, 0.2) is 0 Å². The van der Waals surface area contributed by atoms with Crippen molar-refractivity contribution in [3.63, 3.8) is 0 Å². The fourth-order valence-corrected chi connectivity index (χ4v) is 2.50. The summed E-state index contributed by atoms with van der Waals surface area (Å²) in [5.41, 5.74) is 0.370. The molecule has 0 radical (unpaired) electrons. The summed E-state index contributed by atoms with van der Waals surface area (Å²) in [6.45, 7) is 5.17. The van der Waals surface area contributed by atoms with Crippen molar-refractivity contribution in [2.24, 2.45) is 5.41 Å². The van der Waals surface area contributed by atoms with E-state index in [2.05, 4.69) is 4.90 Å². The third-order valence-electron chi connectivity index (χ3n) is 3.92. The van der Waals surface area contributed by atoms with Gasteiger partial charge in [-0.3, -0.25) is 9.69 Å². The number of aromatic hydroxyl groups is 1. The SMILES string of the molecule is CC(c1cccc(O)c1)N1CCC(C)(C(=O)O)C1. The number of benzene rings is 1. The monoisotopic (exact) mass is 249 g/mol. The van der Waals surface area contributed by atoms with Gasteiger partial charge in [0.25, 0.3) is 0 Å². The van der Waals surface area contributed by atoms with E-state index >= 15 is 0 Å². The number of likely N-dealkylation sites (tertiary alicyclic amines) is 1. The quantitative estimate of drug-likeness (QED) is 0.862. The molecule has 0 bridgehead atoms. The molecule has 18 heavy (non-hydrogen) atoms. The molecule has 1 aromatic rings. The molecule has 1 aliphatic heterocycles. The van der Waals surface area contributed by atoms with Gasteiger partial charge in [-0.15, -0.1) is 0 Å². The van der Waals surface area contributed by atoms with E-state index in [1.165, 1.54) is 0 Å². The summed E-state index contributed by atoms with van der Waals surface area (Å²) in [5, 5.41) is 18.7. The maximum Gasteiger partial charge on any atom is 0.310 e. The number of aliphatic carboxylic acids is 1.